The molecule has 0 aliphatic rings. The minimum Gasteiger partial charge on any atom is -0.305 e. The smallest absolute Gasteiger partial charge is 0.137 e. The molecule has 3 rings (SSSR count). The van der Waals surface area contributed by atoms with Crippen LogP contribution >= 0.6 is 15.9 Å². The zero-order valence-electron chi connectivity index (χ0n) is 9.39. The second kappa shape index (κ2) is 4.00. The summed E-state index contributed by atoms with van der Waals surface area (Å²) in [4.78, 5) is 4.63. The number of benzene rings is 1. The van der Waals surface area contributed by atoms with Crippen LogP contribution in [0.25, 0.3) is 16.9 Å². The maximum absolute atomic E-state index is 4.63. The number of halogens is 1. The van der Waals surface area contributed by atoms with Gasteiger partial charge in [0.15, 0.2) is 0 Å². The van der Waals surface area contributed by atoms with Crippen molar-refractivity contribution in [3.8, 4) is 11.3 Å². The molecule has 2 heterocycles. The van der Waals surface area contributed by atoms with Crippen LogP contribution in [0.5, 0.6) is 0 Å². The summed E-state index contributed by atoms with van der Waals surface area (Å²) in [5.74, 6) is 0. The summed E-state index contributed by atoms with van der Waals surface area (Å²) < 4.78 is 3.14. The van der Waals surface area contributed by atoms with Gasteiger partial charge in [-0.15, -0.1) is 0 Å². The van der Waals surface area contributed by atoms with Crippen molar-refractivity contribution in [1.29, 1.82) is 0 Å². The number of rotatable bonds is 1. The van der Waals surface area contributed by atoms with E-state index in [0.717, 1.165) is 21.4 Å². The Bertz CT molecular complexity index is 632. The first-order valence-electron chi connectivity index (χ1n) is 5.44. The fourth-order valence-electron chi connectivity index (χ4n) is 1.85. The van der Waals surface area contributed by atoms with Gasteiger partial charge in [-0.25, -0.2) is 4.98 Å². The van der Waals surface area contributed by atoms with E-state index in [-0.39, 0.29) is 0 Å². The highest BCUT2D eigenvalue weighted by atomic mass is 79.9. The Kier molecular flexibility index (Phi) is 2.48. The van der Waals surface area contributed by atoms with Gasteiger partial charge in [0.05, 0.1) is 5.69 Å². The summed E-state index contributed by atoms with van der Waals surface area (Å²) in [6.45, 7) is 2.07. The highest BCUT2D eigenvalue weighted by molar-refractivity contribution is 9.10. The predicted octanol–water partition coefficient (Wildman–Crippen LogP) is 4.07. The second-order valence-corrected chi connectivity index (χ2v) is 4.92. The molecule has 0 bridgehead atoms. The van der Waals surface area contributed by atoms with Crippen molar-refractivity contribution >= 4 is 21.6 Å². The second-order valence-electron chi connectivity index (χ2n) is 4.06. The van der Waals surface area contributed by atoms with Crippen molar-refractivity contribution in [3.63, 3.8) is 0 Å². The van der Waals surface area contributed by atoms with Crippen LogP contribution in [0.15, 0.2) is 53.3 Å². The number of imidazole rings is 1. The molecule has 0 fully saturated rings. The monoisotopic (exact) mass is 286 g/mol. The van der Waals surface area contributed by atoms with E-state index < -0.39 is 0 Å². The maximum Gasteiger partial charge on any atom is 0.137 e. The molecule has 2 nitrogen and oxygen atoms in total. The van der Waals surface area contributed by atoms with Crippen LogP contribution in [-0.2, 0) is 0 Å². The standard InChI is InChI=1S/C14H11BrN2/c1-10-7-14-16-13(9-17(14)8-12(10)15)11-5-3-2-4-6-11/h2-9H,1H3. The van der Waals surface area contributed by atoms with Gasteiger partial charge in [-0.2, -0.15) is 0 Å². The van der Waals surface area contributed by atoms with Crippen molar-refractivity contribution in [2.45, 2.75) is 6.92 Å². The van der Waals surface area contributed by atoms with E-state index in [2.05, 4.69) is 52.2 Å². The molecule has 0 spiro atoms. The average Bonchev–Trinajstić information content (AvgIpc) is 2.74. The summed E-state index contributed by atoms with van der Waals surface area (Å²) in [7, 11) is 0. The minimum absolute atomic E-state index is 0.976. The van der Waals surface area contributed by atoms with Crippen molar-refractivity contribution in [2.75, 3.05) is 0 Å². The van der Waals surface area contributed by atoms with Crippen LogP contribution in [0.4, 0.5) is 0 Å². The Hall–Kier alpha value is -1.61. The Morgan fingerprint density at radius 2 is 1.88 bits per heavy atom. The molecular formula is C14H11BrN2. The molecule has 1 aromatic carbocycles. The van der Waals surface area contributed by atoms with Crippen molar-refractivity contribution in [1.82, 2.24) is 9.38 Å². The third-order valence-corrected chi connectivity index (χ3v) is 3.64. The van der Waals surface area contributed by atoms with Crippen LogP contribution in [0.3, 0.4) is 0 Å². The molecule has 0 N–H and O–H groups in total. The lowest BCUT2D eigenvalue weighted by molar-refractivity contribution is 1.16. The highest BCUT2D eigenvalue weighted by Gasteiger charge is 2.05. The zero-order chi connectivity index (χ0) is 11.8. The summed E-state index contributed by atoms with van der Waals surface area (Å²) in [6.07, 6.45) is 4.10. The van der Waals surface area contributed by atoms with E-state index in [1.807, 2.05) is 28.8 Å². The molecule has 0 amide bonds. The van der Waals surface area contributed by atoms with Gasteiger partial charge < -0.3 is 4.40 Å². The average molecular weight is 287 g/mol. The Morgan fingerprint density at radius 1 is 1.12 bits per heavy atom. The zero-order valence-corrected chi connectivity index (χ0v) is 11.0. The Morgan fingerprint density at radius 3 is 2.65 bits per heavy atom. The Labute approximate surface area is 108 Å². The molecule has 0 aliphatic heterocycles. The molecule has 0 radical (unpaired) electrons. The van der Waals surface area contributed by atoms with E-state index in [0.29, 0.717) is 0 Å². The molecular weight excluding hydrogens is 276 g/mol. The fraction of sp³-hybridized carbons (Fsp3) is 0.0714. The molecule has 0 saturated carbocycles. The van der Waals surface area contributed by atoms with Crippen LogP contribution in [0.2, 0.25) is 0 Å². The molecule has 0 atom stereocenters. The van der Waals surface area contributed by atoms with Crippen molar-refractivity contribution < 1.29 is 0 Å². The summed E-state index contributed by atoms with van der Waals surface area (Å²) in [6, 6.07) is 12.3. The van der Waals surface area contributed by atoms with Gasteiger partial charge in [0.1, 0.15) is 5.65 Å². The topological polar surface area (TPSA) is 17.3 Å². The number of nitrogens with zero attached hydrogens (tertiary/aromatic N) is 2. The summed E-state index contributed by atoms with van der Waals surface area (Å²) in [5, 5.41) is 0. The highest BCUT2D eigenvalue weighted by Crippen LogP contribution is 2.22. The van der Waals surface area contributed by atoms with Crippen LogP contribution in [0, 0.1) is 6.92 Å². The van der Waals surface area contributed by atoms with E-state index in [1.54, 1.807) is 0 Å². The van der Waals surface area contributed by atoms with Gasteiger partial charge in [0, 0.05) is 22.4 Å². The molecule has 0 aliphatic carbocycles. The number of hydrogen-bond donors (Lipinski definition) is 0. The molecule has 3 heteroatoms. The molecule has 84 valence electrons. The SMILES string of the molecule is Cc1cc2nc(-c3ccccc3)cn2cc1Br. The van der Waals surface area contributed by atoms with E-state index in [1.165, 1.54) is 5.56 Å². The molecule has 2 aromatic heterocycles. The number of aromatic nitrogens is 2. The molecule has 0 saturated heterocycles. The van der Waals surface area contributed by atoms with E-state index in [4.69, 9.17) is 0 Å². The quantitative estimate of drug-likeness (QED) is 0.659. The number of hydrogen-bond acceptors (Lipinski definition) is 1. The lowest BCUT2D eigenvalue weighted by Crippen LogP contribution is -1.85. The van der Waals surface area contributed by atoms with Gasteiger partial charge >= 0.3 is 0 Å². The third-order valence-electron chi connectivity index (χ3n) is 2.81. The lowest BCUT2D eigenvalue weighted by atomic mass is 10.2. The van der Waals surface area contributed by atoms with Crippen LogP contribution in [-0.4, -0.2) is 9.38 Å². The van der Waals surface area contributed by atoms with Crippen LogP contribution in [0.1, 0.15) is 5.56 Å². The summed E-state index contributed by atoms with van der Waals surface area (Å²) in [5.41, 5.74) is 4.32. The first-order chi connectivity index (χ1) is 8.24. The molecule has 3 aromatic rings. The molecule has 0 unspecified atom stereocenters. The predicted molar refractivity (Wildman–Crippen MR) is 73.1 cm³/mol. The van der Waals surface area contributed by atoms with Gasteiger partial charge in [-0.3, -0.25) is 0 Å². The minimum atomic E-state index is 0.976. The van der Waals surface area contributed by atoms with Crippen molar-refractivity contribution in [3.05, 3.63) is 58.8 Å². The van der Waals surface area contributed by atoms with Gasteiger partial charge in [-0.1, -0.05) is 30.3 Å². The molecule has 17 heavy (non-hydrogen) atoms. The van der Waals surface area contributed by atoms with E-state index >= 15 is 0 Å². The van der Waals surface area contributed by atoms with Gasteiger partial charge in [0.25, 0.3) is 0 Å². The van der Waals surface area contributed by atoms with Gasteiger partial charge in [-0.05, 0) is 34.5 Å². The maximum atomic E-state index is 4.63. The number of fused-ring (bicyclic) bond motifs is 1. The lowest BCUT2D eigenvalue weighted by Gasteiger charge is -1.98. The summed E-state index contributed by atoms with van der Waals surface area (Å²) >= 11 is 3.53. The number of pyridine rings is 1. The fourth-order valence-corrected chi connectivity index (χ4v) is 2.19. The first kappa shape index (κ1) is 10.5. The Balaban J connectivity index is 2.21. The van der Waals surface area contributed by atoms with Gasteiger partial charge in [0.2, 0.25) is 0 Å². The third kappa shape index (κ3) is 1.87. The van der Waals surface area contributed by atoms with E-state index in [9.17, 15) is 0 Å². The van der Waals surface area contributed by atoms with Crippen molar-refractivity contribution in [2.24, 2.45) is 0 Å². The largest absolute Gasteiger partial charge is 0.305 e. The first-order valence-corrected chi connectivity index (χ1v) is 6.23. The van der Waals surface area contributed by atoms with Crippen LogP contribution < -0.4 is 0 Å². The normalized spacial score (nSPS) is 10.9. The number of aryl methyl sites for hydroxylation is 1.